The van der Waals surface area contributed by atoms with E-state index in [1.807, 2.05) is 30.3 Å². The summed E-state index contributed by atoms with van der Waals surface area (Å²) in [5, 5.41) is 0. The predicted molar refractivity (Wildman–Crippen MR) is 78.6 cm³/mol. The molecule has 1 aliphatic carbocycles. The Labute approximate surface area is 129 Å². The molecular formula is C17H22F2O3. The van der Waals surface area contributed by atoms with Gasteiger partial charge >= 0.3 is 5.97 Å². The smallest absolute Gasteiger partial charge is 0.314 e. The number of esters is 1. The lowest BCUT2D eigenvalue weighted by Crippen LogP contribution is -2.50. The van der Waals surface area contributed by atoms with Crippen LogP contribution in [-0.2, 0) is 20.9 Å². The number of rotatable bonds is 5. The van der Waals surface area contributed by atoms with Crippen molar-refractivity contribution in [1.82, 2.24) is 0 Å². The molecule has 1 aliphatic rings. The summed E-state index contributed by atoms with van der Waals surface area (Å²) >= 11 is 0. The minimum absolute atomic E-state index is 0.148. The highest BCUT2D eigenvalue weighted by Gasteiger charge is 2.54. The second-order valence-electron chi connectivity index (χ2n) is 5.99. The van der Waals surface area contributed by atoms with Gasteiger partial charge in [0.15, 0.2) is 0 Å². The molecule has 0 amide bonds. The van der Waals surface area contributed by atoms with Crippen molar-refractivity contribution < 1.29 is 23.0 Å². The van der Waals surface area contributed by atoms with Crippen molar-refractivity contribution >= 4 is 5.97 Å². The Morgan fingerprint density at radius 3 is 2.64 bits per heavy atom. The lowest BCUT2D eigenvalue weighted by atomic mass is 9.71. The molecule has 3 nitrogen and oxygen atoms in total. The Balaban J connectivity index is 2.11. The molecule has 122 valence electrons. The topological polar surface area (TPSA) is 35.5 Å². The van der Waals surface area contributed by atoms with Gasteiger partial charge in [-0.15, -0.1) is 0 Å². The van der Waals surface area contributed by atoms with Gasteiger partial charge in [-0.05, 0) is 25.8 Å². The van der Waals surface area contributed by atoms with Crippen molar-refractivity contribution in [1.29, 1.82) is 0 Å². The molecule has 0 unspecified atom stereocenters. The largest absolute Gasteiger partial charge is 0.465 e. The number of alkyl halides is 2. The second-order valence-corrected chi connectivity index (χ2v) is 5.99. The van der Waals surface area contributed by atoms with Crippen LogP contribution in [0.2, 0.25) is 0 Å². The maximum atomic E-state index is 13.8. The zero-order valence-corrected chi connectivity index (χ0v) is 13.0. The van der Waals surface area contributed by atoms with E-state index in [0.717, 1.165) is 5.56 Å². The number of halogens is 2. The van der Waals surface area contributed by atoms with Crippen molar-refractivity contribution in [2.45, 2.75) is 51.7 Å². The highest BCUT2D eigenvalue weighted by molar-refractivity contribution is 5.77. The number of ether oxygens (including phenoxy) is 2. The van der Waals surface area contributed by atoms with E-state index in [-0.39, 0.29) is 19.4 Å². The van der Waals surface area contributed by atoms with Gasteiger partial charge in [0.25, 0.3) is 0 Å². The van der Waals surface area contributed by atoms with E-state index in [0.29, 0.717) is 6.61 Å². The molecule has 22 heavy (non-hydrogen) atoms. The summed E-state index contributed by atoms with van der Waals surface area (Å²) in [4.78, 5) is 12.2. The van der Waals surface area contributed by atoms with Crippen LogP contribution in [0.5, 0.6) is 0 Å². The highest BCUT2D eigenvalue weighted by Crippen LogP contribution is 2.46. The van der Waals surface area contributed by atoms with Crippen LogP contribution in [0.3, 0.4) is 0 Å². The maximum Gasteiger partial charge on any atom is 0.314 e. The van der Waals surface area contributed by atoms with Crippen LogP contribution in [0, 0.1) is 5.41 Å². The Morgan fingerprint density at radius 1 is 1.32 bits per heavy atom. The van der Waals surface area contributed by atoms with Gasteiger partial charge in [-0.2, -0.15) is 0 Å². The van der Waals surface area contributed by atoms with Crippen molar-refractivity contribution in [2.24, 2.45) is 5.41 Å². The second kappa shape index (κ2) is 6.73. The van der Waals surface area contributed by atoms with Gasteiger partial charge in [0.05, 0.1) is 24.7 Å². The lowest BCUT2D eigenvalue weighted by Gasteiger charge is -2.42. The molecule has 1 saturated carbocycles. The predicted octanol–water partition coefficient (Wildman–Crippen LogP) is 3.96. The Bertz CT molecular complexity index is 504. The summed E-state index contributed by atoms with van der Waals surface area (Å²) in [7, 11) is 0. The average molecular weight is 312 g/mol. The third-order valence-electron chi connectivity index (χ3n) is 4.14. The first-order chi connectivity index (χ1) is 10.4. The van der Waals surface area contributed by atoms with Gasteiger partial charge in [-0.1, -0.05) is 30.3 Å². The maximum absolute atomic E-state index is 13.8. The molecule has 0 saturated heterocycles. The van der Waals surface area contributed by atoms with Gasteiger partial charge in [0.1, 0.15) is 0 Å². The molecule has 5 heteroatoms. The van der Waals surface area contributed by atoms with Gasteiger partial charge < -0.3 is 9.47 Å². The molecule has 0 bridgehead atoms. The molecule has 0 spiro atoms. The van der Waals surface area contributed by atoms with Gasteiger partial charge in [0.2, 0.25) is 5.92 Å². The number of carbonyl (C=O) groups excluding carboxylic acids is 1. The lowest BCUT2D eigenvalue weighted by molar-refractivity contribution is -0.190. The van der Waals surface area contributed by atoms with Crippen molar-refractivity contribution in [2.75, 3.05) is 6.61 Å². The third kappa shape index (κ3) is 3.83. The quantitative estimate of drug-likeness (QED) is 0.772. The summed E-state index contributed by atoms with van der Waals surface area (Å²) in [6.07, 6.45) is -1.21. The van der Waals surface area contributed by atoms with Crippen molar-refractivity contribution in [3.05, 3.63) is 35.9 Å². The Kier molecular flexibility index (Phi) is 5.16. The number of benzene rings is 1. The standard InChI is InChI=1S/C17H22F2O3/c1-3-21-15(20)16(2)12-17(18,19)10-9-14(16)22-11-13-7-5-4-6-8-13/h4-8,14H,3,9-12H2,1-2H3/t14-,16+/m1/s1. The fraction of sp³-hybridized carbons (Fsp3) is 0.588. The third-order valence-corrected chi connectivity index (χ3v) is 4.14. The number of carbonyl (C=O) groups is 1. The fourth-order valence-electron chi connectivity index (χ4n) is 2.94. The van der Waals surface area contributed by atoms with Gasteiger partial charge in [0, 0.05) is 12.8 Å². The van der Waals surface area contributed by atoms with Gasteiger partial charge in [-0.3, -0.25) is 4.79 Å². The molecule has 2 atom stereocenters. The molecule has 0 heterocycles. The van der Waals surface area contributed by atoms with Crippen LogP contribution >= 0.6 is 0 Å². The molecule has 1 aromatic rings. The fourth-order valence-corrected chi connectivity index (χ4v) is 2.94. The molecule has 1 aromatic carbocycles. The minimum atomic E-state index is -2.85. The summed E-state index contributed by atoms with van der Waals surface area (Å²) in [5.41, 5.74) is -0.363. The van der Waals surface area contributed by atoms with Gasteiger partial charge in [-0.25, -0.2) is 8.78 Å². The highest BCUT2D eigenvalue weighted by atomic mass is 19.3. The molecule has 0 aromatic heterocycles. The number of hydrogen-bond acceptors (Lipinski definition) is 3. The first-order valence-electron chi connectivity index (χ1n) is 7.58. The zero-order valence-electron chi connectivity index (χ0n) is 13.0. The first-order valence-corrected chi connectivity index (χ1v) is 7.58. The minimum Gasteiger partial charge on any atom is -0.465 e. The van der Waals surface area contributed by atoms with Crippen LogP contribution in [0.15, 0.2) is 30.3 Å². The molecular weight excluding hydrogens is 290 g/mol. The number of hydrogen-bond donors (Lipinski definition) is 0. The van der Waals surface area contributed by atoms with Crippen LogP contribution in [-0.4, -0.2) is 24.6 Å². The normalized spacial score (nSPS) is 27.4. The molecule has 0 aliphatic heterocycles. The molecule has 0 N–H and O–H groups in total. The van der Waals surface area contributed by atoms with Crippen LogP contribution in [0.1, 0.15) is 38.7 Å². The monoisotopic (exact) mass is 312 g/mol. The SMILES string of the molecule is CCOC(=O)[C@@]1(C)CC(F)(F)CC[C@H]1OCc1ccccc1. The average Bonchev–Trinajstić information content (AvgIpc) is 2.47. The van der Waals surface area contributed by atoms with E-state index >= 15 is 0 Å². The Hall–Kier alpha value is -1.49. The van der Waals surface area contributed by atoms with Crippen LogP contribution in [0.25, 0.3) is 0 Å². The molecule has 0 radical (unpaired) electrons. The van der Waals surface area contributed by atoms with E-state index in [4.69, 9.17) is 9.47 Å². The summed E-state index contributed by atoms with van der Waals surface area (Å²) < 4.78 is 38.4. The first kappa shape index (κ1) is 16.9. The van der Waals surface area contributed by atoms with E-state index in [2.05, 4.69) is 0 Å². The summed E-state index contributed by atoms with van der Waals surface area (Å²) in [5.74, 6) is -3.46. The van der Waals surface area contributed by atoms with Crippen molar-refractivity contribution in [3.63, 3.8) is 0 Å². The van der Waals surface area contributed by atoms with E-state index in [1.165, 1.54) is 6.92 Å². The summed E-state index contributed by atoms with van der Waals surface area (Å²) in [6.45, 7) is 3.66. The van der Waals surface area contributed by atoms with E-state index in [1.54, 1.807) is 6.92 Å². The zero-order chi connectivity index (χ0) is 16.2. The van der Waals surface area contributed by atoms with Crippen molar-refractivity contribution in [3.8, 4) is 0 Å². The molecule has 1 fully saturated rings. The summed E-state index contributed by atoms with van der Waals surface area (Å²) in [6, 6.07) is 9.47. The van der Waals surface area contributed by atoms with Crippen LogP contribution < -0.4 is 0 Å². The van der Waals surface area contributed by atoms with E-state index in [9.17, 15) is 13.6 Å². The Morgan fingerprint density at radius 2 is 2.00 bits per heavy atom. The van der Waals surface area contributed by atoms with Crippen LogP contribution in [0.4, 0.5) is 8.78 Å². The molecule has 2 rings (SSSR count). The van der Waals surface area contributed by atoms with E-state index < -0.39 is 29.8 Å².